The molecule has 0 unspecified atom stereocenters. The summed E-state index contributed by atoms with van der Waals surface area (Å²) in [7, 11) is 1.64. The van der Waals surface area contributed by atoms with Crippen LogP contribution < -0.4 is 9.47 Å². The summed E-state index contributed by atoms with van der Waals surface area (Å²) in [5, 5.41) is 0. The summed E-state index contributed by atoms with van der Waals surface area (Å²) in [6, 6.07) is 5.85. The number of carbonyl (C=O) groups excluding carboxylic acids is 1. The molecule has 0 bridgehead atoms. The van der Waals surface area contributed by atoms with E-state index in [1.54, 1.807) is 7.11 Å². The number of hydrogen-bond donors (Lipinski definition) is 0. The van der Waals surface area contributed by atoms with Gasteiger partial charge in [-0.25, -0.2) is 0 Å². The molecule has 0 saturated heterocycles. The summed E-state index contributed by atoms with van der Waals surface area (Å²) in [5.74, 6) is 1.54. The van der Waals surface area contributed by atoms with E-state index in [0.717, 1.165) is 29.9 Å². The molecule has 1 fully saturated rings. The second-order valence-electron chi connectivity index (χ2n) is 5.13. The summed E-state index contributed by atoms with van der Waals surface area (Å²) in [4.78, 5) is 11.9. The minimum atomic E-state index is -0.0776. The average Bonchev–Trinajstić information content (AvgIpc) is 3.14. The lowest BCUT2D eigenvalue weighted by molar-refractivity contribution is -0.145. The van der Waals surface area contributed by atoms with Crippen LogP contribution in [0.1, 0.15) is 25.3 Å². The van der Waals surface area contributed by atoms with Gasteiger partial charge in [-0.3, -0.25) is 4.79 Å². The van der Waals surface area contributed by atoms with Crippen LogP contribution in [-0.4, -0.2) is 26.3 Å². The maximum atomic E-state index is 11.9. The van der Waals surface area contributed by atoms with E-state index in [0.29, 0.717) is 13.2 Å². The monoisotopic (exact) mass is 262 g/mol. The van der Waals surface area contributed by atoms with Crippen molar-refractivity contribution < 1.29 is 19.0 Å². The van der Waals surface area contributed by atoms with Crippen molar-refractivity contribution in [2.24, 2.45) is 5.92 Å². The summed E-state index contributed by atoms with van der Waals surface area (Å²) in [6.07, 6.45) is 1.75. The highest BCUT2D eigenvalue weighted by atomic mass is 16.5. The van der Waals surface area contributed by atoms with Crippen LogP contribution in [-0.2, 0) is 14.9 Å². The van der Waals surface area contributed by atoms with Crippen molar-refractivity contribution in [1.82, 2.24) is 0 Å². The number of benzene rings is 1. The zero-order valence-electron chi connectivity index (χ0n) is 11.3. The van der Waals surface area contributed by atoms with E-state index >= 15 is 0 Å². The van der Waals surface area contributed by atoms with E-state index in [2.05, 4.69) is 0 Å². The first-order chi connectivity index (χ1) is 9.21. The Morgan fingerprint density at radius 3 is 3.11 bits per heavy atom. The molecule has 1 aromatic carbocycles. The lowest BCUT2D eigenvalue weighted by atomic mass is 9.87. The first kappa shape index (κ1) is 12.3. The van der Waals surface area contributed by atoms with Gasteiger partial charge in [-0.05, 0) is 25.8 Å². The minimum Gasteiger partial charge on any atom is -0.497 e. The first-order valence-corrected chi connectivity index (χ1v) is 6.69. The fourth-order valence-electron chi connectivity index (χ4n) is 3.07. The lowest BCUT2D eigenvalue weighted by Gasteiger charge is -2.27. The summed E-state index contributed by atoms with van der Waals surface area (Å²) >= 11 is 0. The van der Waals surface area contributed by atoms with Gasteiger partial charge in [0.25, 0.3) is 0 Å². The highest BCUT2D eigenvalue weighted by Gasteiger charge is 2.61. The van der Waals surface area contributed by atoms with E-state index in [9.17, 15) is 4.79 Å². The molecule has 0 aromatic heterocycles. The van der Waals surface area contributed by atoms with Crippen LogP contribution in [0.3, 0.4) is 0 Å². The van der Waals surface area contributed by atoms with E-state index in [-0.39, 0.29) is 17.3 Å². The lowest BCUT2D eigenvalue weighted by Crippen LogP contribution is -2.25. The van der Waals surface area contributed by atoms with Gasteiger partial charge >= 0.3 is 5.97 Å². The Morgan fingerprint density at radius 1 is 1.53 bits per heavy atom. The normalized spacial score (nSPS) is 27.4. The van der Waals surface area contributed by atoms with Gasteiger partial charge in [0.05, 0.1) is 26.2 Å². The zero-order valence-corrected chi connectivity index (χ0v) is 11.3. The molecule has 1 saturated carbocycles. The SMILES string of the molecule is CCOC(=O)[C@@H]1C[C@]12CCOc1cc(OC)ccc12. The molecule has 4 nitrogen and oxygen atoms in total. The number of methoxy groups -OCH3 is 1. The third kappa shape index (κ3) is 1.86. The number of fused-ring (bicyclic) bond motifs is 2. The molecular formula is C15H18O4. The highest BCUT2D eigenvalue weighted by Crippen LogP contribution is 2.61. The largest absolute Gasteiger partial charge is 0.497 e. The second-order valence-corrected chi connectivity index (χ2v) is 5.13. The molecule has 0 amide bonds. The molecule has 0 radical (unpaired) electrons. The molecule has 1 aliphatic heterocycles. The molecule has 2 aliphatic rings. The van der Waals surface area contributed by atoms with Crippen LogP contribution in [0.5, 0.6) is 11.5 Å². The number of ether oxygens (including phenoxy) is 3. The van der Waals surface area contributed by atoms with Crippen molar-refractivity contribution in [3.63, 3.8) is 0 Å². The molecule has 1 heterocycles. The minimum absolute atomic E-state index is 0.0107. The van der Waals surface area contributed by atoms with Gasteiger partial charge in [0.2, 0.25) is 0 Å². The topological polar surface area (TPSA) is 44.8 Å². The Labute approximate surface area is 112 Å². The van der Waals surface area contributed by atoms with Crippen molar-refractivity contribution in [3.05, 3.63) is 23.8 Å². The van der Waals surface area contributed by atoms with Gasteiger partial charge in [-0.2, -0.15) is 0 Å². The molecular weight excluding hydrogens is 244 g/mol. The van der Waals surface area contributed by atoms with Crippen LogP contribution >= 0.6 is 0 Å². The Balaban J connectivity index is 1.90. The summed E-state index contributed by atoms with van der Waals surface area (Å²) < 4.78 is 16.1. The highest BCUT2D eigenvalue weighted by molar-refractivity contribution is 5.80. The predicted octanol–water partition coefficient (Wildman–Crippen LogP) is 2.30. The Morgan fingerprint density at radius 2 is 2.37 bits per heavy atom. The average molecular weight is 262 g/mol. The molecule has 1 aromatic rings. The molecule has 3 rings (SSSR count). The number of rotatable bonds is 3. The number of carbonyl (C=O) groups is 1. The van der Waals surface area contributed by atoms with Gasteiger partial charge < -0.3 is 14.2 Å². The summed E-state index contributed by atoms with van der Waals surface area (Å²) in [6.45, 7) is 2.93. The molecule has 1 spiro atoms. The van der Waals surface area contributed by atoms with Gasteiger partial charge in [0, 0.05) is 17.0 Å². The van der Waals surface area contributed by atoms with Crippen molar-refractivity contribution in [2.75, 3.05) is 20.3 Å². The van der Waals surface area contributed by atoms with Crippen molar-refractivity contribution in [3.8, 4) is 11.5 Å². The van der Waals surface area contributed by atoms with E-state index < -0.39 is 0 Å². The van der Waals surface area contributed by atoms with Crippen LogP contribution in [0.4, 0.5) is 0 Å². The van der Waals surface area contributed by atoms with Gasteiger partial charge in [-0.1, -0.05) is 6.07 Å². The van der Waals surface area contributed by atoms with E-state index in [1.165, 1.54) is 0 Å². The number of hydrogen-bond acceptors (Lipinski definition) is 4. The molecule has 2 atom stereocenters. The Kier molecular flexibility index (Phi) is 2.88. The standard InChI is InChI=1S/C15H18O4/c1-3-18-14(16)12-9-15(12)6-7-19-13-8-10(17-2)4-5-11(13)15/h4-5,8,12H,3,6-7,9H2,1-2H3/t12-,15-/m0/s1. The molecule has 19 heavy (non-hydrogen) atoms. The van der Waals surface area contributed by atoms with Crippen molar-refractivity contribution >= 4 is 5.97 Å². The fourth-order valence-corrected chi connectivity index (χ4v) is 3.07. The molecule has 0 N–H and O–H groups in total. The summed E-state index contributed by atoms with van der Waals surface area (Å²) in [5.41, 5.74) is 1.06. The van der Waals surface area contributed by atoms with Gasteiger partial charge in [0.1, 0.15) is 11.5 Å². The van der Waals surface area contributed by atoms with E-state index in [4.69, 9.17) is 14.2 Å². The maximum absolute atomic E-state index is 11.9. The van der Waals surface area contributed by atoms with Gasteiger partial charge in [0.15, 0.2) is 0 Å². The third-order valence-electron chi connectivity index (χ3n) is 4.18. The smallest absolute Gasteiger partial charge is 0.309 e. The molecule has 102 valence electrons. The Bertz CT molecular complexity index is 511. The van der Waals surface area contributed by atoms with E-state index in [1.807, 2.05) is 25.1 Å². The fraction of sp³-hybridized carbons (Fsp3) is 0.533. The van der Waals surface area contributed by atoms with Crippen molar-refractivity contribution in [2.45, 2.75) is 25.2 Å². The van der Waals surface area contributed by atoms with Crippen LogP contribution in [0, 0.1) is 5.92 Å². The second kappa shape index (κ2) is 4.44. The quantitative estimate of drug-likeness (QED) is 0.784. The van der Waals surface area contributed by atoms with Crippen LogP contribution in [0.15, 0.2) is 18.2 Å². The Hall–Kier alpha value is -1.71. The zero-order chi connectivity index (χ0) is 13.5. The van der Waals surface area contributed by atoms with Crippen LogP contribution in [0.25, 0.3) is 0 Å². The van der Waals surface area contributed by atoms with Crippen LogP contribution in [0.2, 0.25) is 0 Å². The first-order valence-electron chi connectivity index (χ1n) is 6.69. The predicted molar refractivity (Wildman–Crippen MR) is 69.5 cm³/mol. The molecule has 1 aliphatic carbocycles. The third-order valence-corrected chi connectivity index (χ3v) is 4.18. The van der Waals surface area contributed by atoms with Gasteiger partial charge in [-0.15, -0.1) is 0 Å². The maximum Gasteiger partial charge on any atom is 0.309 e. The molecule has 4 heteroatoms. The number of esters is 1. The van der Waals surface area contributed by atoms with Crippen molar-refractivity contribution in [1.29, 1.82) is 0 Å².